The number of hydrogen-bond acceptors (Lipinski definition) is 6. The summed E-state index contributed by atoms with van der Waals surface area (Å²) in [6.45, 7) is 10.5. The summed E-state index contributed by atoms with van der Waals surface area (Å²) in [5, 5.41) is 7.39. The summed E-state index contributed by atoms with van der Waals surface area (Å²) >= 11 is 0. The van der Waals surface area contributed by atoms with E-state index in [9.17, 15) is 4.79 Å². The number of aryl methyl sites for hydroxylation is 1. The predicted molar refractivity (Wildman–Crippen MR) is 90.4 cm³/mol. The summed E-state index contributed by atoms with van der Waals surface area (Å²) in [5.74, 6) is 1.96. The van der Waals surface area contributed by atoms with E-state index in [-0.39, 0.29) is 12.0 Å². The van der Waals surface area contributed by atoms with E-state index in [1.807, 2.05) is 11.8 Å². The van der Waals surface area contributed by atoms with Crippen LogP contribution in [0.1, 0.15) is 51.4 Å². The van der Waals surface area contributed by atoms with Gasteiger partial charge in [-0.05, 0) is 33.2 Å². The quantitative estimate of drug-likeness (QED) is 0.892. The van der Waals surface area contributed by atoms with Crippen molar-refractivity contribution in [3.05, 3.63) is 11.7 Å². The molecule has 0 saturated carbocycles. The Labute approximate surface area is 143 Å². The van der Waals surface area contributed by atoms with Crippen molar-refractivity contribution in [3.8, 4) is 0 Å². The van der Waals surface area contributed by atoms with Gasteiger partial charge in [0.15, 0.2) is 5.82 Å². The fraction of sp³-hybridized carbons (Fsp3) is 0.824. The molecular formula is C17H29N5O2. The molecule has 3 rings (SSSR count). The van der Waals surface area contributed by atoms with E-state index in [0.717, 1.165) is 57.8 Å². The average molecular weight is 335 g/mol. The maximum atomic E-state index is 12.7. The number of nitrogens with one attached hydrogen (secondary N) is 1. The molecule has 1 unspecified atom stereocenters. The van der Waals surface area contributed by atoms with Crippen molar-refractivity contribution < 1.29 is 9.32 Å². The average Bonchev–Trinajstić information content (AvgIpc) is 3.10. The maximum Gasteiger partial charge on any atom is 0.243 e. The Balaban J connectivity index is 1.52. The largest absolute Gasteiger partial charge is 0.340 e. The van der Waals surface area contributed by atoms with Crippen molar-refractivity contribution in [2.75, 3.05) is 32.7 Å². The SMILES string of the molecule is CCc1noc(C(C)N2CCN(C(=O)[C@H]3CCN[C@@H](C)C3)CC2)n1. The fourth-order valence-corrected chi connectivity index (χ4v) is 3.68. The zero-order valence-electron chi connectivity index (χ0n) is 15.0. The van der Waals surface area contributed by atoms with Gasteiger partial charge < -0.3 is 14.7 Å². The van der Waals surface area contributed by atoms with Crippen LogP contribution in [0.2, 0.25) is 0 Å². The first kappa shape index (κ1) is 17.4. The van der Waals surface area contributed by atoms with Gasteiger partial charge in [-0.25, -0.2) is 0 Å². The molecule has 1 aromatic heterocycles. The lowest BCUT2D eigenvalue weighted by Gasteiger charge is -2.39. The molecule has 7 heteroatoms. The van der Waals surface area contributed by atoms with E-state index < -0.39 is 0 Å². The highest BCUT2D eigenvalue weighted by atomic mass is 16.5. The molecule has 7 nitrogen and oxygen atoms in total. The Morgan fingerprint density at radius 2 is 2.12 bits per heavy atom. The van der Waals surface area contributed by atoms with E-state index in [0.29, 0.717) is 17.8 Å². The number of aromatic nitrogens is 2. The van der Waals surface area contributed by atoms with Crippen molar-refractivity contribution in [3.63, 3.8) is 0 Å². The topological polar surface area (TPSA) is 74.5 Å². The van der Waals surface area contributed by atoms with E-state index in [1.165, 1.54) is 0 Å². The van der Waals surface area contributed by atoms with Crippen LogP contribution in [0.3, 0.4) is 0 Å². The third-order valence-corrected chi connectivity index (χ3v) is 5.30. The van der Waals surface area contributed by atoms with Crippen molar-refractivity contribution in [2.45, 2.75) is 52.1 Å². The number of rotatable bonds is 4. The van der Waals surface area contributed by atoms with Gasteiger partial charge in [0.25, 0.3) is 0 Å². The van der Waals surface area contributed by atoms with E-state index in [2.05, 4.69) is 34.2 Å². The van der Waals surface area contributed by atoms with Gasteiger partial charge in [-0.2, -0.15) is 4.98 Å². The second-order valence-electron chi connectivity index (χ2n) is 7.02. The molecule has 0 spiro atoms. The first-order valence-electron chi connectivity index (χ1n) is 9.17. The molecule has 2 aliphatic heterocycles. The van der Waals surface area contributed by atoms with Crippen LogP contribution >= 0.6 is 0 Å². The molecule has 2 aliphatic rings. The van der Waals surface area contributed by atoms with Gasteiger partial charge in [-0.15, -0.1) is 0 Å². The van der Waals surface area contributed by atoms with E-state index in [4.69, 9.17) is 4.52 Å². The van der Waals surface area contributed by atoms with Crippen LogP contribution in [0.25, 0.3) is 0 Å². The molecule has 1 N–H and O–H groups in total. The lowest BCUT2D eigenvalue weighted by atomic mass is 9.92. The summed E-state index contributed by atoms with van der Waals surface area (Å²) in [6.07, 6.45) is 2.70. The number of carbonyl (C=O) groups is 1. The summed E-state index contributed by atoms with van der Waals surface area (Å²) in [7, 11) is 0. The Morgan fingerprint density at radius 1 is 1.38 bits per heavy atom. The number of carbonyl (C=O) groups excluding carboxylic acids is 1. The van der Waals surface area contributed by atoms with Crippen molar-refractivity contribution >= 4 is 5.91 Å². The van der Waals surface area contributed by atoms with Gasteiger partial charge in [0, 0.05) is 44.6 Å². The molecule has 134 valence electrons. The number of piperidine rings is 1. The monoisotopic (exact) mass is 335 g/mol. The molecule has 2 saturated heterocycles. The van der Waals surface area contributed by atoms with E-state index in [1.54, 1.807) is 0 Å². The zero-order valence-corrected chi connectivity index (χ0v) is 15.0. The summed E-state index contributed by atoms with van der Waals surface area (Å²) < 4.78 is 5.36. The molecular weight excluding hydrogens is 306 g/mol. The minimum atomic E-state index is 0.106. The third-order valence-electron chi connectivity index (χ3n) is 5.30. The number of hydrogen-bond donors (Lipinski definition) is 1. The van der Waals surface area contributed by atoms with Gasteiger partial charge in [0.05, 0.1) is 6.04 Å². The van der Waals surface area contributed by atoms with Crippen LogP contribution < -0.4 is 5.32 Å². The molecule has 0 bridgehead atoms. The molecule has 0 radical (unpaired) electrons. The predicted octanol–water partition coefficient (Wildman–Crippen LogP) is 1.23. The second kappa shape index (κ2) is 7.61. The minimum Gasteiger partial charge on any atom is -0.340 e. The van der Waals surface area contributed by atoms with Gasteiger partial charge in [0.1, 0.15) is 0 Å². The Kier molecular flexibility index (Phi) is 5.50. The van der Waals surface area contributed by atoms with Crippen LogP contribution in [0.15, 0.2) is 4.52 Å². The van der Waals surface area contributed by atoms with Crippen molar-refractivity contribution in [1.29, 1.82) is 0 Å². The second-order valence-corrected chi connectivity index (χ2v) is 7.02. The first-order chi connectivity index (χ1) is 11.6. The number of amides is 1. The Hall–Kier alpha value is -1.47. The van der Waals surface area contributed by atoms with Gasteiger partial charge in [-0.3, -0.25) is 9.69 Å². The standard InChI is InChI=1S/C17H29N5O2/c1-4-15-19-16(24-20-15)13(3)21-7-9-22(10-8-21)17(23)14-5-6-18-12(2)11-14/h12-14,18H,4-11H2,1-3H3/t12-,13?,14-/m0/s1. The highest BCUT2D eigenvalue weighted by Crippen LogP contribution is 2.23. The highest BCUT2D eigenvalue weighted by Gasteiger charge is 2.32. The summed E-state index contributed by atoms with van der Waals surface area (Å²) in [5.41, 5.74) is 0. The molecule has 3 heterocycles. The van der Waals surface area contributed by atoms with Crippen LogP contribution in [0.4, 0.5) is 0 Å². The smallest absolute Gasteiger partial charge is 0.243 e. The van der Waals surface area contributed by atoms with Crippen LogP contribution in [0.5, 0.6) is 0 Å². The highest BCUT2D eigenvalue weighted by molar-refractivity contribution is 5.79. The van der Waals surface area contributed by atoms with E-state index >= 15 is 0 Å². The van der Waals surface area contributed by atoms with Crippen molar-refractivity contribution in [2.24, 2.45) is 5.92 Å². The lowest BCUT2D eigenvalue weighted by molar-refractivity contribution is -0.138. The number of nitrogens with zero attached hydrogens (tertiary/aromatic N) is 4. The number of piperazine rings is 1. The lowest BCUT2D eigenvalue weighted by Crippen LogP contribution is -2.52. The van der Waals surface area contributed by atoms with Gasteiger partial charge in [0.2, 0.25) is 11.8 Å². The molecule has 24 heavy (non-hydrogen) atoms. The summed E-state index contributed by atoms with van der Waals surface area (Å²) in [6, 6.07) is 0.549. The minimum absolute atomic E-state index is 0.106. The molecule has 1 amide bonds. The van der Waals surface area contributed by atoms with Gasteiger partial charge in [-0.1, -0.05) is 12.1 Å². The van der Waals surface area contributed by atoms with Gasteiger partial charge >= 0.3 is 0 Å². The maximum absolute atomic E-state index is 12.7. The molecule has 0 aromatic carbocycles. The fourth-order valence-electron chi connectivity index (χ4n) is 3.68. The third kappa shape index (κ3) is 3.78. The molecule has 1 aromatic rings. The molecule has 0 aliphatic carbocycles. The van der Waals surface area contributed by atoms with Crippen molar-refractivity contribution in [1.82, 2.24) is 25.3 Å². The van der Waals surface area contributed by atoms with Crippen LogP contribution in [-0.4, -0.2) is 64.6 Å². The normalized spacial score (nSPS) is 27.2. The van der Waals surface area contributed by atoms with Crippen LogP contribution in [-0.2, 0) is 11.2 Å². The molecule has 2 fully saturated rings. The summed E-state index contributed by atoms with van der Waals surface area (Å²) in [4.78, 5) is 21.5. The first-order valence-corrected chi connectivity index (χ1v) is 9.17. The zero-order chi connectivity index (χ0) is 17.1. The Morgan fingerprint density at radius 3 is 2.75 bits per heavy atom. The molecule has 3 atom stereocenters. The Bertz CT molecular complexity index is 553. The van der Waals surface area contributed by atoms with Crippen LogP contribution in [0, 0.1) is 5.92 Å².